The van der Waals surface area contributed by atoms with Crippen LogP contribution < -0.4 is 20.9 Å². The number of ether oxygens (including phenoxy) is 1. The summed E-state index contributed by atoms with van der Waals surface area (Å²) < 4.78 is 5.40. The predicted molar refractivity (Wildman–Crippen MR) is 153 cm³/mol. The Morgan fingerprint density at radius 2 is 1.92 bits per heavy atom. The lowest BCUT2D eigenvalue weighted by Crippen LogP contribution is -2.20. The summed E-state index contributed by atoms with van der Waals surface area (Å²) in [6, 6.07) is 20.8. The zero-order chi connectivity index (χ0) is 27.1. The van der Waals surface area contributed by atoms with Crippen LogP contribution in [0, 0.1) is 12.8 Å². The molecule has 1 unspecified atom stereocenters. The van der Waals surface area contributed by atoms with Crippen molar-refractivity contribution in [1.29, 1.82) is 0 Å². The molecule has 0 aromatic heterocycles. The number of amides is 1. The number of anilines is 2. The number of hydrogen-bond acceptors (Lipinski definition) is 6. The highest BCUT2D eigenvalue weighted by atomic mass is 16.5. The topological polar surface area (TPSA) is 95.0 Å². The minimum absolute atomic E-state index is 0.0619. The Kier molecular flexibility index (Phi) is 8.61. The number of carbonyl (C=O) groups excluding carboxylic acids is 1. The van der Waals surface area contributed by atoms with Gasteiger partial charge in [0.25, 0.3) is 5.91 Å². The number of nitrogens with one attached hydrogen (secondary N) is 3. The molecule has 1 aliphatic heterocycles. The highest BCUT2D eigenvalue weighted by molar-refractivity contribution is 6.09. The Labute approximate surface area is 223 Å². The fourth-order valence-corrected chi connectivity index (χ4v) is 4.30. The van der Waals surface area contributed by atoms with Gasteiger partial charge in [0.15, 0.2) is 0 Å². The molecule has 196 valence electrons. The fraction of sp³-hybridized carbons (Fsp3) is 0.226. The van der Waals surface area contributed by atoms with Crippen LogP contribution in [0.3, 0.4) is 0 Å². The maximum absolute atomic E-state index is 12.7. The Hall–Kier alpha value is -4.36. The van der Waals surface area contributed by atoms with Crippen molar-refractivity contribution in [2.45, 2.75) is 33.2 Å². The Balaban J connectivity index is 1.55. The standard InChI is InChI=1S/C31H34N4O3/c1-20-8-5-11-25(16-20)31(36)33-26-12-7-10-23(18-26)22(3)32-30-17-21(2)9-6-13-27(34-30)24-14-15-28(35-37)29(19-24)38-4/h5-8,10-19,21-22,32,35,37H,9H2,1-4H3,(H,33,36)/b13-6?,30-17-,34-27?/t21?,22-/m0/s1. The van der Waals surface area contributed by atoms with Crippen LogP contribution in [0.15, 0.2) is 95.8 Å². The van der Waals surface area contributed by atoms with Crippen molar-refractivity contribution >= 4 is 23.0 Å². The summed E-state index contributed by atoms with van der Waals surface area (Å²) in [5.41, 5.74) is 7.72. The summed E-state index contributed by atoms with van der Waals surface area (Å²) in [5, 5.41) is 15.9. The van der Waals surface area contributed by atoms with Crippen molar-refractivity contribution in [1.82, 2.24) is 5.32 Å². The van der Waals surface area contributed by atoms with Crippen molar-refractivity contribution < 1.29 is 14.7 Å². The van der Waals surface area contributed by atoms with Crippen LogP contribution in [0.25, 0.3) is 0 Å². The number of nitrogens with zero attached hydrogens (tertiary/aromatic N) is 1. The minimum atomic E-state index is -0.137. The lowest BCUT2D eigenvalue weighted by atomic mass is 10.0. The summed E-state index contributed by atoms with van der Waals surface area (Å²) in [6.07, 6.45) is 7.14. The van der Waals surface area contributed by atoms with Crippen molar-refractivity contribution in [3.8, 4) is 5.75 Å². The molecule has 38 heavy (non-hydrogen) atoms. The predicted octanol–water partition coefficient (Wildman–Crippen LogP) is 6.63. The van der Waals surface area contributed by atoms with Gasteiger partial charge in [0, 0.05) is 16.8 Å². The highest BCUT2D eigenvalue weighted by Gasteiger charge is 2.14. The number of hydrogen-bond donors (Lipinski definition) is 4. The molecule has 0 fully saturated rings. The molecule has 0 bridgehead atoms. The van der Waals surface area contributed by atoms with E-state index in [1.54, 1.807) is 13.2 Å². The first kappa shape index (κ1) is 26.7. The zero-order valence-corrected chi connectivity index (χ0v) is 22.2. The average molecular weight is 511 g/mol. The number of aryl methyl sites for hydroxylation is 1. The molecule has 0 radical (unpaired) electrons. The van der Waals surface area contributed by atoms with Crippen molar-refractivity contribution in [3.05, 3.63) is 113 Å². The molecule has 7 nitrogen and oxygen atoms in total. The Bertz CT molecular complexity index is 1390. The molecule has 1 aliphatic rings. The van der Waals surface area contributed by atoms with Gasteiger partial charge >= 0.3 is 0 Å². The van der Waals surface area contributed by atoms with Gasteiger partial charge < -0.3 is 15.4 Å². The molecule has 1 heterocycles. The van der Waals surface area contributed by atoms with Crippen molar-refractivity contribution in [2.75, 3.05) is 17.9 Å². The SMILES string of the molecule is COc1cc(C2=N/C(N[C@@H](C)c3cccc(NC(=O)c4cccc(C)c4)c3)=C\C(C)CC=C2)ccc1NO. The fourth-order valence-electron chi connectivity index (χ4n) is 4.30. The van der Waals surface area contributed by atoms with Gasteiger partial charge in [0.1, 0.15) is 17.3 Å². The van der Waals surface area contributed by atoms with Crippen LogP contribution in [0.1, 0.15) is 53.4 Å². The van der Waals surface area contributed by atoms with E-state index >= 15 is 0 Å². The molecule has 2 atom stereocenters. The second-order valence-corrected chi connectivity index (χ2v) is 9.51. The first-order valence-corrected chi connectivity index (χ1v) is 12.7. The van der Waals surface area contributed by atoms with Crippen molar-refractivity contribution in [3.63, 3.8) is 0 Å². The van der Waals surface area contributed by atoms with Gasteiger partial charge in [-0.05, 0) is 80.3 Å². The summed E-state index contributed by atoms with van der Waals surface area (Å²) in [5.74, 6) is 1.46. The average Bonchev–Trinajstić information content (AvgIpc) is 2.91. The second-order valence-electron chi connectivity index (χ2n) is 9.51. The van der Waals surface area contributed by atoms with E-state index in [-0.39, 0.29) is 11.9 Å². The molecule has 4 N–H and O–H groups in total. The number of carbonyl (C=O) groups is 1. The molecule has 4 rings (SSSR count). The van der Waals surface area contributed by atoms with Gasteiger partial charge in [-0.3, -0.25) is 15.5 Å². The van der Waals surface area contributed by atoms with E-state index < -0.39 is 0 Å². The van der Waals surface area contributed by atoms with Crippen LogP contribution in [0.4, 0.5) is 11.4 Å². The molecular weight excluding hydrogens is 476 g/mol. The van der Waals surface area contributed by atoms with E-state index in [1.165, 1.54) is 0 Å². The Morgan fingerprint density at radius 1 is 1.11 bits per heavy atom. The lowest BCUT2D eigenvalue weighted by Gasteiger charge is -2.20. The number of allylic oxidation sites excluding steroid dienone is 3. The van der Waals surface area contributed by atoms with E-state index in [0.29, 0.717) is 22.9 Å². The van der Waals surface area contributed by atoms with Crippen molar-refractivity contribution in [2.24, 2.45) is 10.9 Å². The maximum Gasteiger partial charge on any atom is 0.255 e. The van der Waals surface area contributed by atoms with Gasteiger partial charge in [-0.1, -0.05) is 48.9 Å². The maximum atomic E-state index is 12.7. The summed E-state index contributed by atoms with van der Waals surface area (Å²) in [6.45, 7) is 6.20. The molecule has 1 amide bonds. The molecule has 0 saturated carbocycles. The summed E-state index contributed by atoms with van der Waals surface area (Å²) in [4.78, 5) is 17.7. The largest absolute Gasteiger partial charge is 0.494 e. The number of rotatable bonds is 8. The third-order valence-electron chi connectivity index (χ3n) is 6.37. The summed E-state index contributed by atoms with van der Waals surface area (Å²) >= 11 is 0. The monoisotopic (exact) mass is 510 g/mol. The van der Waals surface area contributed by atoms with Crippen LogP contribution in [-0.2, 0) is 0 Å². The van der Waals surface area contributed by atoms with E-state index in [0.717, 1.165) is 40.3 Å². The van der Waals surface area contributed by atoms with Gasteiger partial charge in [-0.15, -0.1) is 0 Å². The molecule has 3 aromatic rings. The van der Waals surface area contributed by atoms with Crippen LogP contribution in [-0.4, -0.2) is 23.9 Å². The first-order valence-electron chi connectivity index (χ1n) is 12.7. The third kappa shape index (κ3) is 6.69. The number of aliphatic imine (C=N–C) groups is 1. The molecular formula is C31H34N4O3. The smallest absolute Gasteiger partial charge is 0.255 e. The normalized spacial score (nSPS) is 17.2. The van der Waals surface area contributed by atoms with E-state index in [9.17, 15) is 10.0 Å². The number of methoxy groups -OCH3 is 1. The molecule has 3 aromatic carbocycles. The van der Waals surface area contributed by atoms with Gasteiger partial charge in [-0.25, -0.2) is 4.99 Å². The second kappa shape index (κ2) is 12.3. The summed E-state index contributed by atoms with van der Waals surface area (Å²) in [7, 11) is 1.56. The quantitative estimate of drug-likeness (QED) is 0.255. The molecule has 0 spiro atoms. The molecule has 7 heteroatoms. The van der Waals surface area contributed by atoms with Gasteiger partial charge in [-0.2, -0.15) is 0 Å². The number of benzene rings is 3. The molecule has 0 saturated heterocycles. The van der Waals surface area contributed by atoms with Crippen LogP contribution >= 0.6 is 0 Å². The van der Waals surface area contributed by atoms with E-state index in [1.807, 2.05) is 73.7 Å². The molecule has 0 aliphatic carbocycles. The lowest BCUT2D eigenvalue weighted by molar-refractivity contribution is 0.102. The zero-order valence-electron chi connectivity index (χ0n) is 22.2. The van der Waals surface area contributed by atoms with Gasteiger partial charge in [0.2, 0.25) is 0 Å². The van der Waals surface area contributed by atoms with Crippen LogP contribution in [0.2, 0.25) is 0 Å². The van der Waals surface area contributed by atoms with E-state index in [4.69, 9.17) is 9.73 Å². The minimum Gasteiger partial charge on any atom is -0.494 e. The third-order valence-corrected chi connectivity index (χ3v) is 6.37. The first-order chi connectivity index (χ1) is 18.4. The van der Waals surface area contributed by atoms with Crippen LogP contribution in [0.5, 0.6) is 5.75 Å². The van der Waals surface area contributed by atoms with E-state index in [2.05, 4.69) is 42.1 Å². The highest BCUT2D eigenvalue weighted by Crippen LogP contribution is 2.27. The van der Waals surface area contributed by atoms with Gasteiger partial charge in [0.05, 0.1) is 18.9 Å². The Morgan fingerprint density at radius 3 is 2.68 bits per heavy atom.